The lowest BCUT2D eigenvalue weighted by Gasteiger charge is -2.38. The molecular weight excluding hydrogens is 234 g/mol. The monoisotopic (exact) mass is 259 g/mol. The first-order valence-electron chi connectivity index (χ1n) is 7.17. The van der Waals surface area contributed by atoms with Gasteiger partial charge in [0.1, 0.15) is 5.84 Å². The minimum Gasteiger partial charge on any atom is -0.384 e. The highest BCUT2D eigenvalue weighted by atomic mass is 15.2. The molecule has 0 aliphatic carbocycles. The second kappa shape index (κ2) is 5.74. The third-order valence-electron chi connectivity index (χ3n) is 4.53. The number of nitrogen functional groups attached to an aromatic ring is 1. The van der Waals surface area contributed by atoms with Crippen LogP contribution in [0.1, 0.15) is 43.4 Å². The van der Waals surface area contributed by atoms with E-state index in [1.54, 1.807) is 0 Å². The molecule has 1 saturated heterocycles. The Hall–Kier alpha value is -1.35. The topological polar surface area (TPSA) is 53.1 Å². The van der Waals surface area contributed by atoms with Gasteiger partial charge in [-0.3, -0.25) is 10.3 Å². The number of hydrogen-bond acceptors (Lipinski definition) is 2. The minimum atomic E-state index is 0.148. The van der Waals surface area contributed by atoms with Crippen LogP contribution in [0.3, 0.4) is 0 Å². The molecular formula is C16H25N3. The Bertz CT molecular complexity index is 467. The molecule has 3 heteroatoms. The molecule has 3 N–H and O–H groups in total. The number of likely N-dealkylation sites (tertiary alicyclic amines) is 1. The quantitative estimate of drug-likeness (QED) is 0.648. The number of hydrogen-bond donors (Lipinski definition) is 2. The molecule has 104 valence electrons. The summed E-state index contributed by atoms with van der Waals surface area (Å²) in [4.78, 5) is 2.57. The molecule has 0 aromatic heterocycles. The molecule has 1 fully saturated rings. The van der Waals surface area contributed by atoms with Crippen LogP contribution in [0.25, 0.3) is 0 Å². The molecule has 0 bridgehead atoms. The van der Waals surface area contributed by atoms with E-state index in [-0.39, 0.29) is 5.84 Å². The molecule has 1 heterocycles. The second-order valence-corrected chi connectivity index (χ2v) is 5.89. The summed E-state index contributed by atoms with van der Waals surface area (Å²) in [5.41, 5.74) is 8.94. The molecule has 2 atom stereocenters. The zero-order valence-corrected chi connectivity index (χ0v) is 12.2. The normalized spacial score (nSPS) is 24.4. The highest BCUT2D eigenvalue weighted by Gasteiger charge is 2.24. The number of amidine groups is 1. The van der Waals surface area contributed by atoms with Crippen molar-refractivity contribution >= 4 is 5.84 Å². The van der Waals surface area contributed by atoms with Gasteiger partial charge in [0.2, 0.25) is 0 Å². The van der Waals surface area contributed by atoms with Crippen LogP contribution in [0, 0.1) is 18.3 Å². The van der Waals surface area contributed by atoms with Crippen LogP contribution in [-0.2, 0) is 6.54 Å². The lowest BCUT2D eigenvalue weighted by molar-refractivity contribution is 0.106. The number of piperidine rings is 1. The molecule has 1 aliphatic heterocycles. The van der Waals surface area contributed by atoms with Gasteiger partial charge >= 0.3 is 0 Å². The molecule has 1 aromatic rings. The van der Waals surface area contributed by atoms with Crippen molar-refractivity contribution in [2.75, 3.05) is 6.54 Å². The van der Waals surface area contributed by atoms with E-state index in [0.29, 0.717) is 6.04 Å². The van der Waals surface area contributed by atoms with Crippen molar-refractivity contribution in [3.8, 4) is 0 Å². The van der Waals surface area contributed by atoms with E-state index in [2.05, 4.69) is 31.7 Å². The van der Waals surface area contributed by atoms with Gasteiger partial charge < -0.3 is 5.73 Å². The fourth-order valence-electron chi connectivity index (χ4n) is 2.90. The van der Waals surface area contributed by atoms with Crippen molar-refractivity contribution < 1.29 is 0 Å². The Labute approximate surface area is 116 Å². The first-order chi connectivity index (χ1) is 8.99. The maximum atomic E-state index is 7.48. The van der Waals surface area contributed by atoms with Gasteiger partial charge in [-0.1, -0.05) is 19.1 Å². The molecule has 3 nitrogen and oxygen atoms in total. The molecule has 1 aromatic carbocycles. The minimum absolute atomic E-state index is 0.148. The summed E-state index contributed by atoms with van der Waals surface area (Å²) in [5.74, 6) is 0.931. The van der Waals surface area contributed by atoms with Crippen molar-refractivity contribution in [3.63, 3.8) is 0 Å². The van der Waals surface area contributed by atoms with Crippen molar-refractivity contribution in [2.24, 2.45) is 11.7 Å². The van der Waals surface area contributed by atoms with Gasteiger partial charge in [-0.25, -0.2) is 0 Å². The van der Waals surface area contributed by atoms with Crippen molar-refractivity contribution in [2.45, 2.75) is 46.2 Å². The maximum absolute atomic E-state index is 7.48. The summed E-state index contributed by atoms with van der Waals surface area (Å²) in [7, 11) is 0. The van der Waals surface area contributed by atoms with E-state index in [1.807, 2.05) is 12.1 Å². The number of nitrogens with two attached hydrogens (primary N) is 1. The van der Waals surface area contributed by atoms with Crippen molar-refractivity contribution in [1.29, 1.82) is 5.41 Å². The maximum Gasteiger partial charge on any atom is 0.122 e. The van der Waals surface area contributed by atoms with Crippen LogP contribution in [0.15, 0.2) is 18.2 Å². The summed E-state index contributed by atoms with van der Waals surface area (Å²) >= 11 is 0. The molecule has 2 rings (SSSR count). The average Bonchev–Trinajstić information content (AvgIpc) is 2.37. The summed E-state index contributed by atoms with van der Waals surface area (Å²) in [6, 6.07) is 6.76. The van der Waals surface area contributed by atoms with Crippen LogP contribution in [-0.4, -0.2) is 23.3 Å². The highest BCUT2D eigenvalue weighted by Crippen LogP contribution is 2.25. The van der Waals surface area contributed by atoms with Crippen LogP contribution in [0.4, 0.5) is 0 Å². The molecule has 0 amide bonds. The van der Waals surface area contributed by atoms with Gasteiger partial charge in [-0.2, -0.15) is 0 Å². The molecule has 1 aliphatic rings. The SMILES string of the molecule is Cc1cc(C(=N)N)ccc1CN1CCCC(C)C1C. The molecule has 19 heavy (non-hydrogen) atoms. The van der Waals surface area contributed by atoms with E-state index >= 15 is 0 Å². The van der Waals surface area contributed by atoms with Crippen LogP contribution in [0.2, 0.25) is 0 Å². The van der Waals surface area contributed by atoms with Gasteiger partial charge in [0, 0.05) is 18.2 Å². The number of nitrogens with zero attached hydrogens (tertiary/aromatic N) is 1. The number of benzene rings is 1. The molecule has 0 spiro atoms. The smallest absolute Gasteiger partial charge is 0.122 e. The second-order valence-electron chi connectivity index (χ2n) is 5.89. The van der Waals surface area contributed by atoms with Gasteiger partial charge in [-0.15, -0.1) is 0 Å². The predicted molar refractivity (Wildman–Crippen MR) is 80.5 cm³/mol. The Kier molecular flexibility index (Phi) is 4.25. The average molecular weight is 259 g/mol. The fraction of sp³-hybridized carbons (Fsp3) is 0.562. The number of rotatable bonds is 3. The van der Waals surface area contributed by atoms with E-state index < -0.39 is 0 Å². The van der Waals surface area contributed by atoms with Gasteiger partial charge in [0.05, 0.1) is 0 Å². The molecule has 2 unspecified atom stereocenters. The van der Waals surface area contributed by atoms with Gasteiger partial charge in [0.25, 0.3) is 0 Å². The number of aryl methyl sites for hydroxylation is 1. The van der Waals surface area contributed by atoms with Gasteiger partial charge in [0.15, 0.2) is 0 Å². The summed E-state index contributed by atoms with van der Waals surface area (Å²) in [5, 5.41) is 7.48. The molecule has 0 saturated carbocycles. The largest absolute Gasteiger partial charge is 0.384 e. The van der Waals surface area contributed by atoms with Crippen molar-refractivity contribution in [3.05, 3.63) is 34.9 Å². The van der Waals surface area contributed by atoms with E-state index in [9.17, 15) is 0 Å². The third kappa shape index (κ3) is 3.16. The predicted octanol–water partition coefficient (Wildman–Crippen LogP) is 2.90. The van der Waals surface area contributed by atoms with E-state index in [4.69, 9.17) is 11.1 Å². The highest BCUT2D eigenvalue weighted by molar-refractivity contribution is 5.95. The summed E-state index contributed by atoms with van der Waals surface area (Å²) in [6.45, 7) is 9.00. The first kappa shape index (κ1) is 14.1. The summed E-state index contributed by atoms with van der Waals surface area (Å²) < 4.78 is 0. The number of nitrogens with one attached hydrogen (secondary N) is 1. The van der Waals surface area contributed by atoms with Crippen molar-refractivity contribution in [1.82, 2.24) is 4.90 Å². The molecule has 0 radical (unpaired) electrons. The lowest BCUT2D eigenvalue weighted by Crippen LogP contribution is -2.41. The Morgan fingerprint density at radius 3 is 2.79 bits per heavy atom. The van der Waals surface area contributed by atoms with Crippen LogP contribution in [0.5, 0.6) is 0 Å². The zero-order valence-electron chi connectivity index (χ0n) is 12.2. The van der Waals surface area contributed by atoms with E-state index in [0.717, 1.165) is 18.0 Å². The van der Waals surface area contributed by atoms with E-state index in [1.165, 1.54) is 30.5 Å². The Morgan fingerprint density at radius 1 is 1.42 bits per heavy atom. The Morgan fingerprint density at radius 2 is 2.16 bits per heavy atom. The third-order valence-corrected chi connectivity index (χ3v) is 4.53. The lowest BCUT2D eigenvalue weighted by atomic mass is 9.91. The van der Waals surface area contributed by atoms with Crippen LogP contribution < -0.4 is 5.73 Å². The first-order valence-corrected chi connectivity index (χ1v) is 7.17. The van der Waals surface area contributed by atoms with Crippen LogP contribution >= 0.6 is 0 Å². The zero-order chi connectivity index (χ0) is 14.0. The fourth-order valence-corrected chi connectivity index (χ4v) is 2.90. The summed E-state index contributed by atoms with van der Waals surface area (Å²) in [6.07, 6.45) is 2.65. The Balaban J connectivity index is 2.12. The standard InChI is InChI=1S/C16H25N3/c1-11-5-4-8-19(13(11)3)10-15-7-6-14(16(17)18)9-12(15)2/h6-7,9,11,13H,4-5,8,10H2,1-3H3,(H3,17,18). The van der Waals surface area contributed by atoms with Gasteiger partial charge in [-0.05, 0) is 56.3 Å².